The Morgan fingerprint density at radius 1 is 0.750 bits per heavy atom. The molecule has 3 aromatic rings. The third kappa shape index (κ3) is 4.70. The number of methoxy groups -OCH3 is 1. The number of imide groups is 2. The Labute approximate surface area is 286 Å². The topological polar surface area (TPSA) is 179 Å². The number of amides is 4. The molecule has 0 unspecified atom stereocenters. The number of nitrogens with zero attached hydrogens (tertiary/aromatic N) is 2. The minimum atomic E-state index is -1.15. The summed E-state index contributed by atoms with van der Waals surface area (Å²) in [7, 11) is 1.40. The van der Waals surface area contributed by atoms with Crippen LogP contribution in [0.4, 0.5) is 11.4 Å². The summed E-state index contributed by atoms with van der Waals surface area (Å²) in [5, 5.41) is 29.3. The van der Waals surface area contributed by atoms with Crippen LogP contribution in [0.2, 0.25) is 0 Å². The van der Waals surface area contributed by atoms with Gasteiger partial charge in [-0.15, -0.1) is 0 Å². The number of halogens is 1. The van der Waals surface area contributed by atoms with Crippen molar-refractivity contribution in [2.24, 2.45) is 29.6 Å². The molecular formula is C35H27IN2O10. The number of allylic oxidation sites excluding steroid dienone is 2. The molecule has 0 bridgehead atoms. The molecule has 1 saturated carbocycles. The van der Waals surface area contributed by atoms with Gasteiger partial charge in [-0.3, -0.25) is 29.0 Å². The van der Waals surface area contributed by atoms with E-state index in [0.29, 0.717) is 9.13 Å². The predicted octanol–water partition coefficient (Wildman–Crippen LogP) is 4.45. The molecule has 4 amide bonds. The Balaban J connectivity index is 1.33. The fraction of sp³-hybridized carbons (Fsp3) is 0.257. The van der Waals surface area contributed by atoms with Crippen molar-refractivity contribution in [3.8, 4) is 11.5 Å². The number of benzene rings is 3. The maximum Gasteiger partial charge on any atom is 0.335 e. The highest BCUT2D eigenvalue weighted by Crippen LogP contribution is 2.59. The van der Waals surface area contributed by atoms with Crippen LogP contribution in [-0.2, 0) is 19.2 Å². The second kappa shape index (κ2) is 11.6. The van der Waals surface area contributed by atoms with Crippen LogP contribution in [0.1, 0.15) is 45.0 Å². The Morgan fingerprint density at radius 3 is 1.79 bits per heavy atom. The number of carboxylic acid groups (broad SMARTS) is 2. The summed E-state index contributed by atoms with van der Waals surface area (Å²) in [5.41, 5.74) is 1.81. The van der Waals surface area contributed by atoms with Crippen molar-refractivity contribution in [3.63, 3.8) is 0 Å². The Hall–Kier alpha value is -5.05. The highest BCUT2D eigenvalue weighted by atomic mass is 127. The van der Waals surface area contributed by atoms with Gasteiger partial charge in [-0.2, -0.15) is 0 Å². The van der Waals surface area contributed by atoms with E-state index < -0.39 is 71.1 Å². The van der Waals surface area contributed by atoms with Crippen molar-refractivity contribution < 1.29 is 48.8 Å². The Bertz CT molecular complexity index is 1970. The van der Waals surface area contributed by atoms with Crippen molar-refractivity contribution in [2.45, 2.75) is 18.8 Å². The monoisotopic (exact) mass is 762 g/mol. The lowest BCUT2D eigenvalue weighted by Crippen LogP contribution is -2.43. The largest absolute Gasteiger partial charge is 0.504 e. The second-order valence-electron chi connectivity index (χ2n) is 12.3. The van der Waals surface area contributed by atoms with Crippen molar-refractivity contribution in [3.05, 3.63) is 92.6 Å². The van der Waals surface area contributed by atoms with Gasteiger partial charge in [0.15, 0.2) is 11.5 Å². The van der Waals surface area contributed by atoms with E-state index in [1.807, 2.05) is 28.7 Å². The zero-order chi connectivity index (χ0) is 34.2. The van der Waals surface area contributed by atoms with E-state index in [1.165, 1.54) is 55.6 Å². The number of hydrogen-bond acceptors (Lipinski definition) is 8. The number of hydrogen-bond donors (Lipinski definition) is 3. The van der Waals surface area contributed by atoms with Crippen molar-refractivity contribution in [1.82, 2.24) is 0 Å². The molecule has 0 aromatic heterocycles. The number of rotatable bonds is 6. The van der Waals surface area contributed by atoms with E-state index in [9.17, 15) is 44.1 Å². The van der Waals surface area contributed by atoms with E-state index in [0.717, 1.165) is 15.4 Å². The lowest BCUT2D eigenvalue weighted by Gasteiger charge is -2.44. The maximum atomic E-state index is 14.3. The first-order valence-electron chi connectivity index (χ1n) is 15.1. The molecule has 2 heterocycles. The van der Waals surface area contributed by atoms with Gasteiger partial charge in [0.05, 0.1) is 56.9 Å². The third-order valence-electron chi connectivity index (χ3n) is 10.0. The fourth-order valence-corrected chi connectivity index (χ4v) is 8.53. The molecule has 2 saturated heterocycles. The minimum Gasteiger partial charge on any atom is -0.504 e. The van der Waals surface area contributed by atoms with E-state index >= 15 is 0 Å². The van der Waals surface area contributed by atoms with Gasteiger partial charge in [0.1, 0.15) is 0 Å². The summed E-state index contributed by atoms with van der Waals surface area (Å²) in [6.07, 6.45) is 2.23. The van der Waals surface area contributed by atoms with Crippen molar-refractivity contribution in [2.75, 3.05) is 16.9 Å². The number of aromatic hydroxyl groups is 1. The number of carboxylic acids is 2. The van der Waals surface area contributed by atoms with E-state index in [2.05, 4.69) is 0 Å². The van der Waals surface area contributed by atoms with Crippen LogP contribution in [0.15, 0.2) is 72.3 Å². The molecular weight excluding hydrogens is 735 g/mol. The van der Waals surface area contributed by atoms with Gasteiger partial charge < -0.3 is 20.1 Å². The van der Waals surface area contributed by atoms with Gasteiger partial charge in [0.2, 0.25) is 23.6 Å². The highest BCUT2D eigenvalue weighted by Gasteiger charge is 2.62. The maximum absolute atomic E-state index is 14.3. The molecule has 2 aliphatic carbocycles. The summed E-state index contributed by atoms with van der Waals surface area (Å²) in [6, 6.07) is 14.3. The predicted molar refractivity (Wildman–Crippen MR) is 177 cm³/mol. The zero-order valence-corrected chi connectivity index (χ0v) is 27.4. The summed E-state index contributed by atoms with van der Waals surface area (Å²) >= 11 is 1.96. The zero-order valence-electron chi connectivity index (χ0n) is 25.2. The molecule has 0 spiro atoms. The van der Waals surface area contributed by atoms with Crippen molar-refractivity contribution in [1.29, 1.82) is 0 Å². The average molecular weight is 763 g/mol. The van der Waals surface area contributed by atoms with Crippen LogP contribution < -0.4 is 14.5 Å². The van der Waals surface area contributed by atoms with Gasteiger partial charge in [0, 0.05) is 5.92 Å². The molecule has 7 rings (SSSR count). The SMILES string of the molecule is COc1cc([C@H]2C3=CC[C@@H]4C(=O)N(c5ccc(C(=O)O)cc5)C(=O)[C@@H]4[C@@H]3C[C@H]3C(=O)N(c4ccc(C(=O)O)cc4)C(=O)[C@@H]23)cc(I)c1O. The number of aromatic carboxylic acids is 2. The van der Waals surface area contributed by atoms with Gasteiger partial charge in [-0.25, -0.2) is 9.59 Å². The second-order valence-corrected chi connectivity index (χ2v) is 13.5. The summed E-state index contributed by atoms with van der Waals surface area (Å²) in [6.45, 7) is 0. The first-order chi connectivity index (χ1) is 22.9. The minimum absolute atomic E-state index is 0.00547. The van der Waals surface area contributed by atoms with Gasteiger partial charge in [-0.1, -0.05) is 11.6 Å². The molecule has 3 aromatic carbocycles. The summed E-state index contributed by atoms with van der Waals surface area (Å²) in [4.78, 5) is 81.4. The van der Waals surface area contributed by atoms with E-state index in [-0.39, 0.29) is 46.8 Å². The number of anilines is 2. The van der Waals surface area contributed by atoms with Crippen LogP contribution >= 0.6 is 22.6 Å². The first kappa shape index (κ1) is 31.5. The molecule has 3 fully saturated rings. The van der Waals surface area contributed by atoms with E-state index in [4.69, 9.17) is 4.74 Å². The van der Waals surface area contributed by atoms with Gasteiger partial charge in [-0.05, 0) is 108 Å². The van der Waals surface area contributed by atoms with Gasteiger partial charge >= 0.3 is 11.9 Å². The van der Waals surface area contributed by atoms with Crippen LogP contribution in [0.3, 0.4) is 0 Å². The summed E-state index contributed by atoms with van der Waals surface area (Å²) < 4.78 is 5.89. The number of phenols is 1. The Morgan fingerprint density at radius 2 is 1.27 bits per heavy atom. The number of phenolic OH excluding ortho intramolecular Hbond substituents is 1. The molecule has 48 heavy (non-hydrogen) atoms. The number of fused-ring (bicyclic) bond motifs is 4. The molecule has 3 N–H and O–H groups in total. The molecule has 12 nitrogen and oxygen atoms in total. The molecule has 6 atom stereocenters. The Kier molecular flexibility index (Phi) is 7.61. The number of carbonyl (C=O) groups excluding carboxylic acids is 4. The number of carbonyl (C=O) groups is 6. The van der Waals surface area contributed by atoms with Crippen molar-refractivity contribution >= 4 is 69.5 Å². The molecule has 4 aliphatic rings. The van der Waals surface area contributed by atoms with Crippen LogP contribution in [0.25, 0.3) is 0 Å². The smallest absolute Gasteiger partial charge is 0.335 e. The average Bonchev–Trinajstić information content (AvgIpc) is 3.48. The van der Waals surface area contributed by atoms with Crippen LogP contribution in [-0.4, -0.2) is 58.0 Å². The lowest BCUT2D eigenvalue weighted by atomic mass is 9.57. The van der Waals surface area contributed by atoms with E-state index in [1.54, 1.807) is 12.1 Å². The standard InChI is InChI=1S/C35H27IN2O10/c1-48-25-13-17(12-24(36)29(25)39)26-20-10-11-21-27(32(42)37(30(21)40)18-6-2-15(3-7-18)34(44)45)22(20)14-23-28(26)33(43)38(31(23)41)19-8-4-16(5-9-19)35(46)47/h2-10,12-13,21-23,26-28,39H,11,14H2,1H3,(H,44,45)(H,46,47)/t21-,22+,23+,26-,27-,28+/m0/s1. The lowest BCUT2D eigenvalue weighted by molar-refractivity contribution is -0.126. The van der Waals surface area contributed by atoms with Crippen LogP contribution in [0.5, 0.6) is 11.5 Å². The van der Waals surface area contributed by atoms with Crippen LogP contribution in [0, 0.1) is 33.2 Å². The highest BCUT2D eigenvalue weighted by molar-refractivity contribution is 14.1. The third-order valence-corrected chi connectivity index (χ3v) is 10.8. The number of ether oxygens (including phenoxy) is 1. The molecule has 244 valence electrons. The molecule has 2 aliphatic heterocycles. The normalized spacial score (nSPS) is 26.2. The fourth-order valence-electron chi connectivity index (χ4n) is 7.91. The quantitative estimate of drug-likeness (QED) is 0.185. The van der Waals surface area contributed by atoms with Gasteiger partial charge in [0.25, 0.3) is 0 Å². The molecule has 0 radical (unpaired) electrons. The summed E-state index contributed by atoms with van der Waals surface area (Å²) in [5.74, 6) is -8.64. The first-order valence-corrected chi connectivity index (χ1v) is 16.2. The molecule has 13 heteroatoms.